The minimum atomic E-state index is -0.499. The van der Waals surface area contributed by atoms with Gasteiger partial charge in [0.05, 0.1) is 6.04 Å². The lowest BCUT2D eigenvalue weighted by Crippen LogP contribution is -2.41. The lowest BCUT2D eigenvalue weighted by molar-refractivity contribution is -0.119. The third kappa shape index (κ3) is 3.42. The molecule has 0 aliphatic carbocycles. The van der Waals surface area contributed by atoms with Gasteiger partial charge >= 0.3 is 6.09 Å². The molecule has 5 nitrogen and oxygen atoms in total. The highest BCUT2D eigenvalue weighted by Gasteiger charge is 2.30. The molecule has 0 aromatic carbocycles. The van der Waals surface area contributed by atoms with E-state index in [1.807, 2.05) is 20.8 Å². The third-order valence-corrected chi connectivity index (χ3v) is 2.19. The predicted molar refractivity (Wildman–Crippen MR) is 55.4 cm³/mol. The average Bonchev–Trinajstić information content (AvgIpc) is 2.47. The number of likely N-dealkylation sites (N-methyl/N-ethyl adjacent to an activating group) is 1. The maximum Gasteiger partial charge on any atom is 0.410 e. The van der Waals surface area contributed by atoms with E-state index in [0.717, 1.165) is 0 Å². The number of ether oxygens (including phenoxy) is 1. The van der Waals surface area contributed by atoms with Crippen molar-refractivity contribution in [1.82, 2.24) is 10.2 Å². The molecule has 0 saturated carbocycles. The summed E-state index contributed by atoms with van der Waals surface area (Å²) in [5.41, 5.74) is -0.499. The van der Waals surface area contributed by atoms with Crippen LogP contribution in [0.4, 0.5) is 4.79 Å². The molecule has 2 amide bonds. The summed E-state index contributed by atoms with van der Waals surface area (Å²) in [6, 6.07) is -0.0904. The van der Waals surface area contributed by atoms with Gasteiger partial charge in [-0.05, 0) is 20.8 Å². The summed E-state index contributed by atoms with van der Waals surface area (Å²) in [5.74, 6) is -0.0181. The number of nitrogens with one attached hydrogen (secondary N) is 1. The van der Waals surface area contributed by atoms with E-state index in [0.29, 0.717) is 13.0 Å². The molecule has 0 spiro atoms. The van der Waals surface area contributed by atoms with Crippen molar-refractivity contribution in [2.45, 2.75) is 38.8 Å². The van der Waals surface area contributed by atoms with E-state index in [1.54, 1.807) is 7.05 Å². The van der Waals surface area contributed by atoms with Gasteiger partial charge in [0.25, 0.3) is 0 Å². The molecule has 0 radical (unpaired) electrons. The Labute approximate surface area is 89.8 Å². The maximum absolute atomic E-state index is 11.6. The minimum Gasteiger partial charge on any atom is -0.444 e. The molecular weight excluding hydrogens is 196 g/mol. The molecule has 1 rings (SSSR count). The molecule has 1 aliphatic heterocycles. The van der Waals surface area contributed by atoms with Gasteiger partial charge in [0.2, 0.25) is 5.91 Å². The molecule has 1 N–H and O–H groups in total. The zero-order chi connectivity index (χ0) is 11.6. The highest BCUT2D eigenvalue weighted by molar-refractivity contribution is 5.80. The lowest BCUT2D eigenvalue weighted by Gasteiger charge is -2.27. The van der Waals surface area contributed by atoms with Crippen molar-refractivity contribution in [3.8, 4) is 0 Å². The van der Waals surface area contributed by atoms with Crippen LogP contribution >= 0.6 is 0 Å². The summed E-state index contributed by atoms with van der Waals surface area (Å²) >= 11 is 0. The van der Waals surface area contributed by atoms with E-state index < -0.39 is 5.60 Å². The number of carbonyl (C=O) groups is 2. The summed E-state index contributed by atoms with van der Waals surface area (Å²) < 4.78 is 5.20. The number of rotatable bonds is 1. The Morgan fingerprint density at radius 1 is 1.53 bits per heavy atom. The van der Waals surface area contributed by atoms with Crippen molar-refractivity contribution < 1.29 is 14.3 Å². The summed E-state index contributed by atoms with van der Waals surface area (Å²) in [6.45, 7) is 5.96. The van der Waals surface area contributed by atoms with Gasteiger partial charge in [0.15, 0.2) is 0 Å². The van der Waals surface area contributed by atoms with Crippen LogP contribution in [0.2, 0.25) is 0 Å². The van der Waals surface area contributed by atoms with Crippen LogP contribution < -0.4 is 5.32 Å². The first-order valence-electron chi connectivity index (χ1n) is 5.02. The molecule has 1 saturated heterocycles. The van der Waals surface area contributed by atoms with Crippen molar-refractivity contribution in [1.29, 1.82) is 0 Å². The number of amides is 2. The number of hydrogen-bond donors (Lipinski definition) is 1. The Balaban J connectivity index is 2.50. The molecule has 1 atom stereocenters. The summed E-state index contributed by atoms with van der Waals surface area (Å²) in [4.78, 5) is 24.1. The van der Waals surface area contributed by atoms with Crippen LogP contribution in [-0.4, -0.2) is 42.1 Å². The predicted octanol–water partition coefficient (Wildman–Crippen LogP) is 0.742. The molecule has 15 heavy (non-hydrogen) atoms. The van der Waals surface area contributed by atoms with E-state index in [4.69, 9.17) is 4.74 Å². The van der Waals surface area contributed by atoms with Crippen molar-refractivity contribution in [2.75, 3.05) is 13.6 Å². The van der Waals surface area contributed by atoms with Gasteiger partial charge in [0, 0.05) is 20.0 Å². The van der Waals surface area contributed by atoms with Crippen molar-refractivity contribution in [3.05, 3.63) is 0 Å². The van der Waals surface area contributed by atoms with Gasteiger partial charge in [-0.15, -0.1) is 0 Å². The van der Waals surface area contributed by atoms with Crippen molar-refractivity contribution in [2.24, 2.45) is 0 Å². The Kier molecular flexibility index (Phi) is 3.21. The van der Waals surface area contributed by atoms with E-state index in [2.05, 4.69) is 5.32 Å². The van der Waals surface area contributed by atoms with E-state index in [9.17, 15) is 9.59 Å². The van der Waals surface area contributed by atoms with Gasteiger partial charge in [-0.2, -0.15) is 0 Å². The van der Waals surface area contributed by atoms with Crippen LogP contribution in [0.15, 0.2) is 0 Å². The monoisotopic (exact) mass is 214 g/mol. The van der Waals surface area contributed by atoms with E-state index in [-0.39, 0.29) is 18.0 Å². The molecule has 0 aromatic rings. The Hall–Kier alpha value is -1.26. The van der Waals surface area contributed by atoms with Gasteiger partial charge in [-0.3, -0.25) is 4.79 Å². The third-order valence-electron chi connectivity index (χ3n) is 2.19. The minimum absolute atomic E-state index is 0.0181. The quantitative estimate of drug-likeness (QED) is 0.700. The Morgan fingerprint density at radius 3 is 2.53 bits per heavy atom. The first-order chi connectivity index (χ1) is 6.79. The molecule has 0 aromatic heterocycles. The van der Waals surface area contributed by atoms with Crippen LogP contribution in [0.1, 0.15) is 27.2 Å². The standard InChI is InChI=1S/C10H18N2O3/c1-10(2,3)15-9(14)12(4)7-5-8(13)11-6-7/h7H,5-6H2,1-4H3,(H,11,13). The maximum atomic E-state index is 11.6. The Bertz CT molecular complexity index is 270. The number of hydrogen-bond acceptors (Lipinski definition) is 3. The van der Waals surface area contributed by atoms with Gasteiger partial charge in [-0.25, -0.2) is 4.79 Å². The summed E-state index contributed by atoms with van der Waals surface area (Å²) in [6.07, 6.45) is -0.0283. The second-order valence-electron chi connectivity index (χ2n) is 4.75. The molecule has 1 fully saturated rings. The van der Waals surface area contributed by atoms with Crippen LogP contribution in [0.5, 0.6) is 0 Å². The highest BCUT2D eigenvalue weighted by Crippen LogP contribution is 2.13. The number of carbonyl (C=O) groups excluding carboxylic acids is 2. The zero-order valence-corrected chi connectivity index (χ0v) is 9.66. The van der Waals surface area contributed by atoms with Gasteiger partial charge in [0.1, 0.15) is 5.60 Å². The smallest absolute Gasteiger partial charge is 0.410 e. The molecule has 1 aliphatic rings. The second kappa shape index (κ2) is 4.08. The fraction of sp³-hybridized carbons (Fsp3) is 0.800. The SMILES string of the molecule is CN(C(=O)OC(C)(C)C)C1CNC(=O)C1. The lowest BCUT2D eigenvalue weighted by atomic mass is 10.2. The fourth-order valence-corrected chi connectivity index (χ4v) is 1.35. The fourth-order valence-electron chi connectivity index (χ4n) is 1.35. The highest BCUT2D eigenvalue weighted by atomic mass is 16.6. The molecule has 1 unspecified atom stereocenters. The largest absolute Gasteiger partial charge is 0.444 e. The van der Waals surface area contributed by atoms with Crippen LogP contribution in [-0.2, 0) is 9.53 Å². The van der Waals surface area contributed by atoms with Gasteiger partial charge < -0.3 is 15.0 Å². The zero-order valence-electron chi connectivity index (χ0n) is 9.66. The Morgan fingerprint density at radius 2 is 2.13 bits per heavy atom. The molecule has 86 valence electrons. The molecular formula is C10H18N2O3. The van der Waals surface area contributed by atoms with Crippen LogP contribution in [0, 0.1) is 0 Å². The molecule has 5 heteroatoms. The van der Waals surface area contributed by atoms with Crippen molar-refractivity contribution in [3.63, 3.8) is 0 Å². The number of nitrogens with zero attached hydrogens (tertiary/aromatic N) is 1. The summed E-state index contributed by atoms with van der Waals surface area (Å²) in [7, 11) is 1.65. The topological polar surface area (TPSA) is 58.6 Å². The first-order valence-corrected chi connectivity index (χ1v) is 5.02. The van der Waals surface area contributed by atoms with E-state index >= 15 is 0 Å². The van der Waals surface area contributed by atoms with Crippen molar-refractivity contribution >= 4 is 12.0 Å². The second-order valence-corrected chi connectivity index (χ2v) is 4.75. The van der Waals surface area contributed by atoms with Gasteiger partial charge in [-0.1, -0.05) is 0 Å². The molecule has 1 heterocycles. The van der Waals surface area contributed by atoms with E-state index in [1.165, 1.54) is 4.90 Å². The molecule has 0 bridgehead atoms. The first kappa shape index (κ1) is 11.8. The average molecular weight is 214 g/mol. The van der Waals surface area contributed by atoms with Crippen LogP contribution in [0.3, 0.4) is 0 Å². The normalized spacial score (nSPS) is 21.1. The van der Waals surface area contributed by atoms with Crippen LogP contribution in [0.25, 0.3) is 0 Å². The summed E-state index contributed by atoms with van der Waals surface area (Å²) in [5, 5.41) is 2.68.